The van der Waals surface area contributed by atoms with Gasteiger partial charge in [-0.1, -0.05) is 42.8 Å². The van der Waals surface area contributed by atoms with E-state index >= 15 is 0 Å². The summed E-state index contributed by atoms with van der Waals surface area (Å²) in [5, 5.41) is 6.91. The van der Waals surface area contributed by atoms with Crippen LogP contribution >= 0.6 is 23.5 Å². The predicted molar refractivity (Wildman–Crippen MR) is 116 cm³/mol. The van der Waals surface area contributed by atoms with Crippen molar-refractivity contribution >= 4 is 46.0 Å². The number of hydrogen-bond donors (Lipinski definition) is 0. The second kappa shape index (κ2) is 8.21. The van der Waals surface area contributed by atoms with Gasteiger partial charge in [0.25, 0.3) is 0 Å². The number of nitrogens with zero attached hydrogens (tertiary/aromatic N) is 3. The third kappa shape index (κ3) is 3.55. The molecule has 0 unspecified atom stereocenters. The topological polar surface area (TPSA) is 62.2 Å². The van der Waals surface area contributed by atoms with Crippen molar-refractivity contribution in [2.75, 3.05) is 18.7 Å². The van der Waals surface area contributed by atoms with Gasteiger partial charge >= 0.3 is 5.97 Å². The number of carbonyl (C=O) groups excluding carboxylic acids is 2. The number of benzene rings is 1. The average molecular weight is 420 g/mol. The number of carbonyl (C=O) groups is 2. The van der Waals surface area contributed by atoms with E-state index in [-0.39, 0.29) is 11.8 Å². The van der Waals surface area contributed by atoms with Crippen molar-refractivity contribution in [3.63, 3.8) is 0 Å². The van der Waals surface area contributed by atoms with Crippen LogP contribution in [0, 0.1) is 6.92 Å². The Kier molecular flexibility index (Phi) is 6.09. The van der Waals surface area contributed by atoms with Crippen LogP contribution in [0.5, 0.6) is 0 Å². The van der Waals surface area contributed by atoms with E-state index in [1.165, 1.54) is 30.4 Å². The molecule has 1 atom stereocenters. The molecule has 0 amide bonds. The summed E-state index contributed by atoms with van der Waals surface area (Å²) in [6, 6.07) is 8.00. The smallest absolute Gasteiger partial charge is 0.346 e. The third-order valence-electron chi connectivity index (χ3n) is 4.54. The molecule has 2 aliphatic heterocycles. The van der Waals surface area contributed by atoms with E-state index in [0.717, 1.165) is 29.8 Å². The number of hydrazone groups is 1. The van der Waals surface area contributed by atoms with Crippen molar-refractivity contribution in [2.45, 2.75) is 44.9 Å². The Bertz CT molecular complexity index is 851. The minimum absolute atomic E-state index is 0.0883. The Morgan fingerprint density at radius 2 is 1.86 bits per heavy atom. The highest BCUT2D eigenvalue weighted by molar-refractivity contribution is 8.28. The summed E-state index contributed by atoms with van der Waals surface area (Å²) in [6.07, 6.45) is 1.64. The number of thioether (sulfide) groups is 2. The number of rotatable bonds is 6. The molecule has 0 N–H and O–H groups in total. The lowest BCUT2D eigenvalue weighted by molar-refractivity contribution is -0.137. The Morgan fingerprint density at radius 3 is 2.43 bits per heavy atom. The van der Waals surface area contributed by atoms with Crippen LogP contribution in [-0.2, 0) is 14.3 Å². The van der Waals surface area contributed by atoms with E-state index in [1.807, 2.05) is 43.2 Å². The van der Waals surface area contributed by atoms with Gasteiger partial charge in [-0.3, -0.25) is 4.79 Å². The maximum absolute atomic E-state index is 12.7. The fraction of sp³-hybridized carbons (Fsp3) is 0.450. The fourth-order valence-corrected chi connectivity index (χ4v) is 6.02. The molecular formula is C20H25N3O3S2. The van der Waals surface area contributed by atoms with Crippen LogP contribution in [0.2, 0.25) is 0 Å². The average Bonchev–Trinajstić information content (AvgIpc) is 3.17. The predicted octanol–water partition coefficient (Wildman–Crippen LogP) is 4.32. The number of ketones is 1. The molecule has 0 saturated heterocycles. The first kappa shape index (κ1) is 20.8. The normalized spacial score (nSPS) is 21.5. The largest absolute Gasteiger partial charge is 0.462 e. The molecule has 0 radical (unpaired) electrons. The van der Waals surface area contributed by atoms with Gasteiger partial charge in [0.2, 0.25) is 4.33 Å². The molecule has 0 bridgehead atoms. The first-order valence-electron chi connectivity index (χ1n) is 9.32. The van der Waals surface area contributed by atoms with Crippen LogP contribution < -0.4 is 5.01 Å². The Balaban J connectivity index is 2.06. The molecule has 1 aromatic rings. The molecule has 3 rings (SSSR count). The monoisotopic (exact) mass is 419 g/mol. The second-order valence-electron chi connectivity index (χ2n) is 6.67. The summed E-state index contributed by atoms with van der Waals surface area (Å²) in [5.41, 5.74) is 2.94. The fourth-order valence-electron chi connectivity index (χ4n) is 3.12. The number of esters is 1. The molecule has 0 fully saturated rings. The maximum atomic E-state index is 12.7. The highest BCUT2D eigenvalue weighted by Crippen LogP contribution is 2.59. The van der Waals surface area contributed by atoms with Gasteiger partial charge in [-0.2, -0.15) is 5.10 Å². The lowest BCUT2D eigenvalue weighted by Crippen LogP contribution is -2.47. The maximum Gasteiger partial charge on any atom is 0.346 e. The standard InChI is InChI=1S/C20H25N3O3S2/c1-6-8-16-17(19(25)26-7-2)27-20(22(16)5)23(21-18(28-20)14(4)24)15-11-9-13(3)10-12-15/h9-12H,6-8H2,1-5H3/t20-/m1/s1. The third-order valence-corrected chi connectivity index (χ3v) is 7.64. The summed E-state index contributed by atoms with van der Waals surface area (Å²) in [7, 11) is 1.96. The molecule has 1 spiro atoms. The Morgan fingerprint density at radius 1 is 1.18 bits per heavy atom. The van der Waals surface area contributed by atoms with Crippen LogP contribution in [0.15, 0.2) is 40.0 Å². The van der Waals surface area contributed by atoms with E-state index in [1.54, 1.807) is 6.92 Å². The lowest BCUT2D eigenvalue weighted by Gasteiger charge is -2.39. The van der Waals surface area contributed by atoms with Gasteiger partial charge in [0.15, 0.2) is 10.8 Å². The zero-order valence-corrected chi connectivity index (χ0v) is 18.4. The summed E-state index contributed by atoms with van der Waals surface area (Å²) in [4.78, 5) is 27.5. The number of ether oxygens (including phenoxy) is 1. The van der Waals surface area contributed by atoms with E-state index in [2.05, 4.69) is 16.9 Å². The van der Waals surface area contributed by atoms with Crippen LogP contribution in [0.4, 0.5) is 5.69 Å². The van der Waals surface area contributed by atoms with Crippen molar-refractivity contribution in [3.8, 4) is 0 Å². The molecule has 6 nitrogen and oxygen atoms in total. The molecule has 2 heterocycles. The van der Waals surface area contributed by atoms with Crippen LogP contribution in [0.3, 0.4) is 0 Å². The molecule has 28 heavy (non-hydrogen) atoms. The molecule has 8 heteroatoms. The van der Waals surface area contributed by atoms with Gasteiger partial charge in [0.1, 0.15) is 4.91 Å². The minimum Gasteiger partial charge on any atom is -0.462 e. The van der Waals surface area contributed by atoms with Gasteiger partial charge in [0.05, 0.1) is 12.3 Å². The Labute approximate surface area is 174 Å². The second-order valence-corrected chi connectivity index (χ2v) is 9.27. The lowest BCUT2D eigenvalue weighted by atomic mass is 10.2. The van der Waals surface area contributed by atoms with E-state index < -0.39 is 4.33 Å². The quantitative estimate of drug-likeness (QED) is 0.637. The van der Waals surface area contributed by atoms with Crippen molar-refractivity contribution in [1.29, 1.82) is 0 Å². The van der Waals surface area contributed by atoms with Gasteiger partial charge < -0.3 is 9.64 Å². The van der Waals surface area contributed by atoms with Gasteiger partial charge in [-0.05, 0) is 44.2 Å². The van der Waals surface area contributed by atoms with Crippen LogP contribution in [0.1, 0.15) is 39.2 Å². The van der Waals surface area contributed by atoms with E-state index in [9.17, 15) is 9.59 Å². The summed E-state index contributed by atoms with van der Waals surface area (Å²) in [6.45, 7) is 7.75. The minimum atomic E-state index is -0.761. The number of aryl methyl sites for hydroxylation is 1. The van der Waals surface area contributed by atoms with Gasteiger partial charge in [-0.25, -0.2) is 9.80 Å². The van der Waals surface area contributed by atoms with Crippen molar-refractivity contribution in [3.05, 3.63) is 40.4 Å². The zero-order valence-electron chi connectivity index (χ0n) is 16.8. The van der Waals surface area contributed by atoms with Gasteiger partial charge in [0, 0.05) is 19.7 Å². The molecule has 2 aliphatic rings. The highest BCUT2D eigenvalue weighted by Gasteiger charge is 2.56. The first-order chi connectivity index (χ1) is 13.3. The van der Waals surface area contributed by atoms with Gasteiger partial charge in [-0.15, -0.1) is 0 Å². The number of Topliss-reactive ketones (excluding diaryl/α,β-unsaturated/α-hetero) is 1. The molecule has 150 valence electrons. The summed E-state index contributed by atoms with van der Waals surface area (Å²) < 4.78 is 4.55. The van der Waals surface area contributed by atoms with E-state index in [4.69, 9.17) is 4.74 Å². The molecule has 1 aromatic carbocycles. The molecule has 0 aliphatic carbocycles. The summed E-state index contributed by atoms with van der Waals surface area (Å²) >= 11 is 2.78. The van der Waals surface area contributed by atoms with Crippen molar-refractivity contribution in [1.82, 2.24) is 4.90 Å². The SMILES string of the molecule is CCCC1=C(C(=O)OCC)S[C@@]2(SC(C(C)=O)=NN2c2ccc(C)cc2)N1C. The summed E-state index contributed by atoms with van der Waals surface area (Å²) in [5.74, 6) is -0.407. The molecule has 0 saturated carbocycles. The van der Waals surface area contributed by atoms with Crippen LogP contribution in [-0.4, -0.2) is 39.7 Å². The number of hydrogen-bond acceptors (Lipinski definition) is 8. The zero-order chi connectivity index (χ0) is 20.5. The molecular weight excluding hydrogens is 394 g/mol. The van der Waals surface area contributed by atoms with E-state index in [0.29, 0.717) is 16.6 Å². The first-order valence-corrected chi connectivity index (χ1v) is 11.0. The Hall–Kier alpha value is -1.93. The van der Waals surface area contributed by atoms with Crippen molar-refractivity contribution in [2.24, 2.45) is 5.10 Å². The highest BCUT2D eigenvalue weighted by atomic mass is 32.2. The van der Waals surface area contributed by atoms with Crippen LogP contribution in [0.25, 0.3) is 0 Å². The number of anilines is 1. The van der Waals surface area contributed by atoms with Crippen molar-refractivity contribution < 1.29 is 14.3 Å². The number of allylic oxidation sites excluding steroid dienone is 1. The molecule has 0 aromatic heterocycles.